The van der Waals surface area contributed by atoms with Gasteiger partial charge in [-0.3, -0.25) is 0 Å². The van der Waals surface area contributed by atoms with Crippen LogP contribution in [0.5, 0.6) is 0 Å². The van der Waals surface area contributed by atoms with Crippen LogP contribution in [0.3, 0.4) is 0 Å². The van der Waals surface area contributed by atoms with Crippen molar-refractivity contribution in [2.75, 3.05) is 0 Å². The van der Waals surface area contributed by atoms with E-state index in [0.29, 0.717) is 12.1 Å². The Hall–Kier alpha value is -2.60. The first-order chi connectivity index (χ1) is 9.35. The van der Waals surface area contributed by atoms with Gasteiger partial charge in [-0.15, -0.1) is 0 Å². The molecule has 0 heterocycles. The molecule has 3 nitrogen and oxygen atoms in total. The van der Waals surface area contributed by atoms with Crippen LogP contribution in [0.15, 0.2) is 65.8 Å². The molecule has 0 fully saturated rings. The molecule has 2 aromatic rings. The van der Waals surface area contributed by atoms with Crippen molar-refractivity contribution in [3.8, 4) is 6.07 Å². The topological polar surface area (TPSA) is 56.4 Å². The van der Waals surface area contributed by atoms with Crippen molar-refractivity contribution in [3.63, 3.8) is 0 Å². The Morgan fingerprint density at radius 1 is 1.05 bits per heavy atom. The van der Waals surface area contributed by atoms with E-state index >= 15 is 0 Å². The smallest absolute Gasteiger partial charge is 0.113 e. The highest BCUT2D eigenvalue weighted by molar-refractivity contribution is 5.94. The molecule has 0 spiro atoms. The molecule has 0 bridgehead atoms. The molecular weight excluding hydrogens is 236 g/mol. The zero-order valence-electron chi connectivity index (χ0n) is 10.4. The number of rotatable bonds is 4. The van der Waals surface area contributed by atoms with Gasteiger partial charge in [-0.05, 0) is 11.1 Å². The third-order valence-corrected chi connectivity index (χ3v) is 2.95. The molecule has 0 saturated carbocycles. The summed E-state index contributed by atoms with van der Waals surface area (Å²) in [5.41, 5.74) is 2.32. The van der Waals surface area contributed by atoms with Gasteiger partial charge < -0.3 is 5.21 Å². The van der Waals surface area contributed by atoms with Gasteiger partial charge in [0.05, 0.1) is 11.8 Å². The number of oxime groups is 1. The average Bonchev–Trinajstić information content (AvgIpc) is 2.49. The van der Waals surface area contributed by atoms with Crippen LogP contribution in [-0.2, 0) is 6.42 Å². The molecule has 2 rings (SSSR count). The molecule has 1 atom stereocenters. The molecular formula is C16H14N2O. The summed E-state index contributed by atoms with van der Waals surface area (Å²) in [4.78, 5) is 0. The van der Waals surface area contributed by atoms with E-state index < -0.39 is 5.92 Å². The fourth-order valence-electron chi connectivity index (χ4n) is 1.99. The average molecular weight is 250 g/mol. The monoisotopic (exact) mass is 250 g/mol. The highest BCUT2D eigenvalue weighted by Gasteiger charge is 2.18. The maximum atomic E-state index is 9.32. The molecule has 0 aliphatic rings. The Bertz CT molecular complexity index is 585. The van der Waals surface area contributed by atoms with Gasteiger partial charge in [-0.25, -0.2) is 0 Å². The fourth-order valence-corrected chi connectivity index (χ4v) is 1.99. The summed E-state index contributed by atoms with van der Waals surface area (Å²) in [7, 11) is 0. The lowest BCUT2D eigenvalue weighted by molar-refractivity contribution is 0.316. The Morgan fingerprint density at radius 3 is 2.16 bits per heavy atom. The Balaban J connectivity index is 2.24. The molecule has 94 valence electrons. The maximum Gasteiger partial charge on any atom is 0.113 e. The standard InChI is InChI=1S/C16H14N2O/c17-12-15(14-9-5-2-6-10-14)16(18-19)11-13-7-3-1-4-8-13/h1-10,15,19H,11H2. The van der Waals surface area contributed by atoms with Gasteiger partial charge in [-0.2, -0.15) is 5.26 Å². The normalized spacial score (nSPS) is 12.7. The van der Waals surface area contributed by atoms with E-state index in [4.69, 9.17) is 0 Å². The van der Waals surface area contributed by atoms with Gasteiger partial charge in [0.15, 0.2) is 0 Å². The fraction of sp³-hybridized carbons (Fsp3) is 0.125. The minimum absolute atomic E-state index is 0.458. The molecule has 2 aromatic carbocycles. The molecule has 0 aliphatic heterocycles. The van der Waals surface area contributed by atoms with E-state index in [1.54, 1.807) is 0 Å². The van der Waals surface area contributed by atoms with Gasteiger partial charge in [-0.1, -0.05) is 65.8 Å². The van der Waals surface area contributed by atoms with Crippen molar-refractivity contribution >= 4 is 5.71 Å². The van der Waals surface area contributed by atoms with Crippen LogP contribution in [0.4, 0.5) is 0 Å². The molecule has 0 saturated heterocycles. The third-order valence-electron chi connectivity index (χ3n) is 2.95. The maximum absolute atomic E-state index is 9.32. The summed E-state index contributed by atoms with van der Waals surface area (Å²) in [5, 5.41) is 21.8. The van der Waals surface area contributed by atoms with Gasteiger partial charge >= 0.3 is 0 Å². The molecule has 1 N–H and O–H groups in total. The van der Waals surface area contributed by atoms with Gasteiger partial charge in [0.2, 0.25) is 0 Å². The molecule has 0 radical (unpaired) electrons. The van der Waals surface area contributed by atoms with Crippen LogP contribution < -0.4 is 0 Å². The van der Waals surface area contributed by atoms with E-state index in [-0.39, 0.29) is 0 Å². The predicted molar refractivity (Wildman–Crippen MR) is 74.2 cm³/mol. The van der Waals surface area contributed by atoms with Crippen molar-refractivity contribution in [1.29, 1.82) is 5.26 Å². The van der Waals surface area contributed by atoms with E-state index in [1.165, 1.54) is 0 Å². The number of nitrogens with zero attached hydrogens (tertiary/aromatic N) is 2. The van der Waals surface area contributed by atoms with Crippen molar-refractivity contribution in [2.45, 2.75) is 12.3 Å². The first kappa shape index (κ1) is 12.8. The van der Waals surface area contributed by atoms with E-state index in [9.17, 15) is 10.5 Å². The van der Waals surface area contributed by atoms with Crippen molar-refractivity contribution in [2.24, 2.45) is 5.16 Å². The second kappa shape index (κ2) is 6.36. The van der Waals surface area contributed by atoms with E-state index in [1.807, 2.05) is 60.7 Å². The minimum Gasteiger partial charge on any atom is -0.411 e. The first-order valence-corrected chi connectivity index (χ1v) is 6.04. The van der Waals surface area contributed by atoms with Crippen molar-refractivity contribution in [3.05, 3.63) is 71.8 Å². The number of hydrogen-bond donors (Lipinski definition) is 1. The third kappa shape index (κ3) is 3.20. The zero-order chi connectivity index (χ0) is 13.5. The minimum atomic E-state index is -0.522. The highest BCUT2D eigenvalue weighted by atomic mass is 16.4. The second-order valence-corrected chi connectivity index (χ2v) is 4.23. The van der Waals surface area contributed by atoms with Crippen LogP contribution >= 0.6 is 0 Å². The van der Waals surface area contributed by atoms with Crippen LogP contribution in [0.2, 0.25) is 0 Å². The number of nitriles is 1. The molecule has 0 amide bonds. The lowest BCUT2D eigenvalue weighted by Crippen LogP contribution is -2.14. The van der Waals surface area contributed by atoms with Crippen LogP contribution in [0.1, 0.15) is 17.0 Å². The van der Waals surface area contributed by atoms with Crippen LogP contribution in [0.25, 0.3) is 0 Å². The molecule has 19 heavy (non-hydrogen) atoms. The quantitative estimate of drug-likeness (QED) is 0.514. The summed E-state index contributed by atoms with van der Waals surface area (Å²) < 4.78 is 0. The Morgan fingerprint density at radius 2 is 1.63 bits per heavy atom. The zero-order valence-corrected chi connectivity index (χ0v) is 10.4. The Labute approximate surface area is 112 Å². The predicted octanol–water partition coefficient (Wildman–Crippen LogP) is 3.37. The molecule has 0 aromatic heterocycles. The summed E-state index contributed by atoms with van der Waals surface area (Å²) in [5.74, 6) is -0.522. The van der Waals surface area contributed by atoms with Gasteiger partial charge in [0, 0.05) is 6.42 Å². The van der Waals surface area contributed by atoms with Gasteiger partial charge in [0.1, 0.15) is 5.92 Å². The lowest BCUT2D eigenvalue weighted by atomic mass is 9.91. The van der Waals surface area contributed by atoms with E-state index in [0.717, 1.165) is 11.1 Å². The van der Waals surface area contributed by atoms with Crippen molar-refractivity contribution in [1.82, 2.24) is 0 Å². The summed E-state index contributed by atoms with van der Waals surface area (Å²) in [6.07, 6.45) is 0.463. The van der Waals surface area contributed by atoms with Gasteiger partial charge in [0.25, 0.3) is 0 Å². The highest BCUT2D eigenvalue weighted by Crippen LogP contribution is 2.19. The summed E-state index contributed by atoms with van der Waals surface area (Å²) in [6, 6.07) is 21.2. The lowest BCUT2D eigenvalue weighted by Gasteiger charge is -2.11. The number of hydrogen-bond acceptors (Lipinski definition) is 3. The number of benzene rings is 2. The molecule has 0 aliphatic carbocycles. The van der Waals surface area contributed by atoms with Crippen molar-refractivity contribution < 1.29 is 5.21 Å². The Kier molecular flexibility index (Phi) is 4.30. The first-order valence-electron chi connectivity index (χ1n) is 6.04. The molecule has 3 heteroatoms. The van der Waals surface area contributed by atoms with Crippen LogP contribution in [-0.4, -0.2) is 10.9 Å². The molecule has 1 unspecified atom stereocenters. The largest absolute Gasteiger partial charge is 0.411 e. The van der Waals surface area contributed by atoms with E-state index in [2.05, 4.69) is 11.2 Å². The second-order valence-electron chi connectivity index (χ2n) is 4.23. The summed E-state index contributed by atoms with van der Waals surface area (Å²) in [6.45, 7) is 0. The SMILES string of the molecule is N#CC(C(Cc1ccccc1)=NO)c1ccccc1. The summed E-state index contributed by atoms with van der Waals surface area (Å²) >= 11 is 0. The van der Waals surface area contributed by atoms with Crippen LogP contribution in [0, 0.1) is 11.3 Å².